The first-order valence-corrected chi connectivity index (χ1v) is 11.5. The van der Waals surface area contributed by atoms with Gasteiger partial charge in [-0.1, -0.05) is 0 Å². The topological polar surface area (TPSA) is 105 Å². The summed E-state index contributed by atoms with van der Waals surface area (Å²) in [6.45, 7) is 4.80. The highest BCUT2D eigenvalue weighted by molar-refractivity contribution is 5.79. The number of ether oxygens (including phenoxy) is 4. The molecule has 0 aromatic rings. The van der Waals surface area contributed by atoms with E-state index in [2.05, 4.69) is 0 Å². The van der Waals surface area contributed by atoms with Crippen LogP contribution in [-0.2, 0) is 38.1 Å². The molecule has 8 nitrogen and oxygen atoms in total. The molecule has 0 amide bonds. The van der Waals surface area contributed by atoms with Gasteiger partial charge in [0.15, 0.2) is 0 Å². The molecule has 2 saturated carbocycles. The maximum absolute atomic E-state index is 12.2. The molecule has 31 heavy (non-hydrogen) atoms. The van der Waals surface area contributed by atoms with Gasteiger partial charge >= 0.3 is 17.9 Å². The quantitative estimate of drug-likeness (QED) is 0.274. The minimum absolute atomic E-state index is 0.0345. The second-order valence-electron chi connectivity index (χ2n) is 8.41. The lowest BCUT2D eigenvalue weighted by molar-refractivity contribution is -0.160. The van der Waals surface area contributed by atoms with E-state index in [0.29, 0.717) is 51.7 Å². The van der Waals surface area contributed by atoms with Crippen molar-refractivity contribution in [3.05, 3.63) is 0 Å². The third-order valence-corrected chi connectivity index (χ3v) is 6.28. The lowest BCUT2D eigenvalue weighted by Crippen LogP contribution is -2.30. The van der Waals surface area contributed by atoms with Gasteiger partial charge in [0.05, 0.1) is 24.4 Å². The summed E-state index contributed by atoms with van der Waals surface area (Å²) >= 11 is 0. The van der Waals surface area contributed by atoms with Gasteiger partial charge in [-0.25, -0.2) is 0 Å². The molecule has 0 saturated heterocycles. The largest absolute Gasteiger partial charge is 0.463 e. The smallest absolute Gasteiger partial charge is 0.309 e. The molecule has 0 N–H and O–H groups in total. The number of hydrogen-bond donors (Lipinski definition) is 0. The average Bonchev–Trinajstić information content (AvgIpc) is 2.79. The van der Waals surface area contributed by atoms with Crippen molar-refractivity contribution in [3.63, 3.8) is 0 Å². The number of esters is 3. The van der Waals surface area contributed by atoms with Crippen molar-refractivity contribution in [2.24, 2.45) is 23.7 Å². The Morgan fingerprint density at radius 3 is 1.23 bits per heavy atom. The first-order chi connectivity index (χ1) is 14.9. The lowest BCUT2D eigenvalue weighted by atomic mass is 9.80. The van der Waals surface area contributed by atoms with E-state index in [0.717, 1.165) is 12.8 Å². The second-order valence-corrected chi connectivity index (χ2v) is 8.41. The number of ketones is 1. The van der Waals surface area contributed by atoms with Crippen molar-refractivity contribution < 1.29 is 38.1 Å². The predicted molar refractivity (Wildman–Crippen MR) is 111 cm³/mol. The van der Waals surface area contributed by atoms with Crippen molar-refractivity contribution in [3.8, 4) is 0 Å². The van der Waals surface area contributed by atoms with Gasteiger partial charge in [-0.15, -0.1) is 0 Å². The van der Waals surface area contributed by atoms with Crippen LogP contribution < -0.4 is 0 Å². The zero-order valence-electron chi connectivity index (χ0n) is 18.8. The molecule has 176 valence electrons. The molecule has 2 fully saturated rings. The molecule has 0 aromatic carbocycles. The monoisotopic (exact) mass is 440 g/mol. The van der Waals surface area contributed by atoms with Gasteiger partial charge in [0.25, 0.3) is 0 Å². The molecule has 0 bridgehead atoms. The zero-order valence-corrected chi connectivity index (χ0v) is 18.8. The molecule has 8 heteroatoms. The van der Waals surface area contributed by atoms with Gasteiger partial charge in [0, 0.05) is 12.5 Å². The van der Waals surface area contributed by atoms with E-state index in [4.69, 9.17) is 18.9 Å². The van der Waals surface area contributed by atoms with Crippen LogP contribution in [0.2, 0.25) is 0 Å². The van der Waals surface area contributed by atoms with Crippen LogP contribution >= 0.6 is 0 Å². The van der Waals surface area contributed by atoms with Crippen LogP contribution in [0.25, 0.3) is 0 Å². The molecule has 0 radical (unpaired) electrons. The Hall–Kier alpha value is -1.96. The first-order valence-electron chi connectivity index (χ1n) is 11.5. The van der Waals surface area contributed by atoms with Crippen LogP contribution in [-0.4, -0.2) is 56.7 Å². The van der Waals surface area contributed by atoms with Crippen molar-refractivity contribution >= 4 is 23.7 Å². The molecule has 2 aliphatic rings. The summed E-state index contributed by atoms with van der Waals surface area (Å²) in [5, 5.41) is 0. The average molecular weight is 441 g/mol. The third-order valence-electron chi connectivity index (χ3n) is 6.28. The number of Topliss-reactive ketones (excluding diaryl/α,β-unsaturated/α-hetero) is 1. The summed E-state index contributed by atoms with van der Waals surface area (Å²) in [5.41, 5.74) is 0. The van der Waals surface area contributed by atoms with Crippen molar-refractivity contribution in [1.82, 2.24) is 0 Å². The minimum atomic E-state index is -0.304. The van der Waals surface area contributed by atoms with E-state index >= 15 is 0 Å². The van der Waals surface area contributed by atoms with Gasteiger partial charge < -0.3 is 18.9 Å². The molecule has 0 aliphatic heterocycles. The van der Waals surface area contributed by atoms with Crippen molar-refractivity contribution in [2.45, 2.75) is 65.2 Å². The van der Waals surface area contributed by atoms with Gasteiger partial charge in [-0.3, -0.25) is 19.2 Å². The maximum atomic E-state index is 12.2. The second kappa shape index (κ2) is 13.5. The molecule has 0 heterocycles. The summed E-state index contributed by atoms with van der Waals surface area (Å²) in [6.07, 6.45) is 5.17. The molecule has 0 unspecified atom stereocenters. The van der Waals surface area contributed by atoms with Crippen LogP contribution in [0, 0.1) is 23.7 Å². The number of rotatable bonds is 11. The Kier molecular flexibility index (Phi) is 11.0. The highest BCUT2D eigenvalue weighted by Crippen LogP contribution is 2.31. The van der Waals surface area contributed by atoms with Crippen LogP contribution in [0.4, 0.5) is 0 Å². The molecule has 2 rings (SSSR count). The maximum Gasteiger partial charge on any atom is 0.309 e. The fourth-order valence-electron chi connectivity index (χ4n) is 4.28. The fourth-order valence-corrected chi connectivity index (χ4v) is 4.28. The summed E-state index contributed by atoms with van der Waals surface area (Å²) in [7, 11) is 0. The number of carbonyl (C=O) groups excluding carboxylic acids is 4. The third kappa shape index (κ3) is 8.59. The van der Waals surface area contributed by atoms with Gasteiger partial charge in [-0.2, -0.15) is 0 Å². The molecular weight excluding hydrogens is 404 g/mol. The summed E-state index contributed by atoms with van der Waals surface area (Å²) in [6, 6.07) is 0. The Bertz CT molecular complexity index is 601. The Morgan fingerprint density at radius 2 is 0.903 bits per heavy atom. The SMILES string of the molecule is CCOCCOC(=O)C1CCC(C(=O)OCCOC(=O)C2CCC(C(C)=O)CC2)CC1. The van der Waals surface area contributed by atoms with E-state index in [-0.39, 0.29) is 67.2 Å². The Balaban J connectivity index is 1.56. The molecule has 2 aliphatic carbocycles. The summed E-state index contributed by atoms with van der Waals surface area (Å²) in [5.74, 6) is -1.13. The normalized spacial score (nSPS) is 26.0. The molecule has 0 atom stereocenters. The van der Waals surface area contributed by atoms with Crippen LogP contribution in [0.5, 0.6) is 0 Å². The summed E-state index contributed by atoms with van der Waals surface area (Å²) in [4.78, 5) is 47.8. The first kappa shape index (κ1) is 25.3. The lowest BCUT2D eigenvalue weighted by Gasteiger charge is -2.26. The molecule has 0 aromatic heterocycles. The van der Waals surface area contributed by atoms with Gasteiger partial charge in [-0.05, 0) is 65.2 Å². The van der Waals surface area contributed by atoms with Crippen LogP contribution in [0.3, 0.4) is 0 Å². The molecule has 0 spiro atoms. The standard InChI is InChI=1S/C23H36O8/c1-3-28-12-13-29-21(25)19-8-10-20(11-9-19)23(27)31-15-14-30-22(26)18-6-4-17(5-7-18)16(2)24/h17-20H,3-15H2,1-2H3. The van der Waals surface area contributed by atoms with Gasteiger partial charge in [0.1, 0.15) is 25.6 Å². The fraction of sp³-hybridized carbons (Fsp3) is 0.826. The van der Waals surface area contributed by atoms with Crippen LogP contribution in [0.15, 0.2) is 0 Å². The number of hydrogen-bond acceptors (Lipinski definition) is 8. The van der Waals surface area contributed by atoms with Crippen LogP contribution in [0.1, 0.15) is 65.2 Å². The van der Waals surface area contributed by atoms with Crippen molar-refractivity contribution in [1.29, 1.82) is 0 Å². The van der Waals surface area contributed by atoms with E-state index in [1.807, 2.05) is 6.92 Å². The van der Waals surface area contributed by atoms with E-state index < -0.39 is 0 Å². The van der Waals surface area contributed by atoms with Gasteiger partial charge in [0.2, 0.25) is 0 Å². The highest BCUT2D eigenvalue weighted by Gasteiger charge is 2.32. The Morgan fingerprint density at radius 1 is 0.581 bits per heavy atom. The summed E-state index contributed by atoms with van der Waals surface area (Å²) < 4.78 is 20.9. The van der Waals surface area contributed by atoms with Crippen molar-refractivity contribution in [2.75, 3.05) is 33.0 Å². The molecular formula is C23H36O8. The predicted octanol–water partition coefficient (Wildman–Crippen LogP) is 2.85. The Labute approximate surface area is 184 Å². The number of carbonyl (C=O) groups is 4. The zero-order chi connectivity index (χ0) is 22.6. The van der Waals surface area contributed by atoms with E-state index in [1.165, 1.54) is 0 Å². The van der Waals surface area contributed by atoms with E-state index in [1.54, 1.807) is 6.92 Å². The highest BCUT2D eigenvalue weighted by atomic mass is 16.6. The van der Waals surface area contributed by atoms with E-state index in [9.17, 15) is 19.2 Å². The minimum Gasteiger partial charge on any atom is -0.463 e.